The van der Waals surface area contributed by atoms with Crippen LogP contribution in [0.2, 0.25) is 0 Å². The van der Waals surface area contributed by atoms with Crippen LogP contribution in [-0.2, 0) is 0 Å². The van der Waals surface area contributed by atoms with Gasteiger partial charge >= 0.3 is 0 Å². The summed E-state index contributed by atoms with van der Waals surface area (Å²) in [4.78, 5) is 2.38. The molecule has 0 radical (unpaired) electrons. The highest BCUT2D eigenvalue weighted by Crippen LogP contribution is 2.53. The Kier molecular flexibility index (Phi) is 3.93. The molecule has 2 N–H and O–H groups in total. The number of nitrogens with zero attached hydrogens (tertiary/aromatic N) is 1. The number of rotatable bonds is 5. The van der Waals surface area contributed by atoms with Crippen molar-refractivity contribution in [3.63, 3.8) is 0 Å². The number of aliphatic hydroxyl groups is 2. The molecular weight excluding hydrogens is 350 g/mol. The Hall–Kier alpha value is -1.10. The lowest BCUT2D eigenvalue weighted by atomic mass is 9.61. The van der Waals surface area contributed by atoms with Crippen molar-refractivity contribution in [2.75, 3.05) is 6.61 Å². The molecule has 4 heteroatoms. The summed E-state index contributed by atoms with van der Waals surface area (Å²) in [5, 5.41) is 22.1. The highest BCUT2D eigenvalue weighted by Gasteiger charge is 2.55. The fourth-order valence-electron chi connectivity index (χ4n) is 7.27. The maximum Gasteiger partial charge on any atom is 0.123 e. The van der Waals surface area contributed by atoms with Gasteiger partial charge in [0.05, 0.1) is 12.2 Å². The Morgan fingerprint density at radius 1 is 1.18 bits per heavy atom. The van der Waals surface area contributed by atoms with Crippen molar-refractivity contribution >= 4 is 0 Å². The summed E-state index contributed by atoms with van der Waals surface area (Å²) in [6.45, 7) is 3.04. The Balaban J connectivity index is 1.19. The normalized spacial score (nSPS) is 41.0. The lowest BCUT2D eigenvalue weighted by Gasteiger charge is -2.61. The molecular formula is C24H33NO3. The molecule has 5 unspecified atom stereocenters. The summed E-state index contributed by atoms with van der Waals surface area (Å²) in [5.41, 5.74) is 2.48. The van der Waals surface area contributed by atoms with Crippen molar-refractivity contribution in [2.24, 2.45) is 11.8 Å². The van der Waals surface area contributed by atoms with Crippen molar-refractivity contribution in [3.05, 3.63) is 29.3 Å². The van der Waals surface area contributed by atoms with Gasteiger partial charge < -0.3 is 14.9 Å². The minimum absolute atomic E-state index is 0.368. The van der Waals surface area contributed by atoms with E-state index in [1.807, 2.05) is 0 Å². The number of hydrogen-bond donors (Lipinski definition) is 2. The number of piperidine rings is 2. The van der Waals surface area contributed by atoms with Crippen molar-refractivity contribution < 1.29 is 14.9 Å². The van der Waals surface area contributed by atoms with Gasteiger partial charge in [-0.05, 0) is 80.8 Å². The molecule has 7 rings (SSSR count). The van der Waals surface area contributed by atoms with Gasteiger partial charge in [-0.25, -0.2) is 0 Å². The van der Waals surface area contributed by atoms with E-state index in [0.717, 1.165) is 56.8 Å². The molecule has 4 nitrogen and oxygen atoms in total. The second-order valence-corrected chi connectivity index (χ2v) is 10.6. The monoisotopic (exact) mass is 383 g/mol. The third-order valence-corrected chi connectivity index (χ3v) is 8.47. The van der Waals surface area contributed by atoms with Crippen LogP contribution in [0.5, 0.6) is 5.75 Å². The predicted molar refractivity (Wildman–Crippen MR) is 107 cm³/mol. The molecule has 4 bridgehead atoms. The van der Waals surface area contributed by atoms with Crippen LogP contribution in [0.15, 0.2) is 18.2 Å². The Bertz CT molecular complexity index is 759. The van der Waals surface area contributed by atoms with Crippen molar-refractivity contribution in [1.82, 2.24) is 4.90 Å². The molecule has 6 aliphatic rings. The lowest BCUT2D eigenvalue weighted by Crippen LogP contribution is -2.66. The number of benzene rings is 1. The van der Waals surface area contributed by atoms with Gasteiger partial charge in [0.2, 0.25) is 0 Å². The molecule has 5 fully saturated rings. The average Bonchev–Trinajstić information content (AvgIpc) is 3.37. The van der Waals surface area contributed by atoms with E-state index in [1.54, 1.807) is 0 Å². The second kappa shape index (κ2) is 6.20. The summed E-state index contributed by atoms with van der Waals surface area (Å²) < 4.78 is 6.06. The first-order chi connectivity index (χ1) is 13.5. The number of hydrogen-bond acceptors (Lipinski definition) is 4. The van der Waals surface area contributed by atoms with E-state index in [9.17, 15) is 10.2 Å². The van der Waals surface area contributed by atoms with Gasteiger partial charge in [0.1, 0.15) is 12.0 Å². The van der Waals surface area contributed by atoms with E-state index in [1.165, 1.54) is 24.0 Å². The van der Waals surface area contributed by atoms with Crippen LogP contribution in [0.1, 0.15) is 81.3 Å². The summed E-state index contributed by atoms with van der Waals surface area (Å²) in [6, 6.07) is 7.29. The number of aliphatic hydroxyl groups excluding tert-OH is 1. The van der Waals surface area contributed by atoms with Crippen LogP contribution < -0.4 is 4.74 Å². The zero-order valence-electron chi connectivity index (χ0n) is 16.9. The van der Waals surface area contributed by atoms with Gasteiger partial charge in [-0.15, -0.1) is 0 Å². The van der Waals surface area contributed by atoms with Crippen LogP contribution >= 0.6 is 0 Å². The van der Waals surface area contributed by atoms with Gasteiger partial charge in [-0.2, -0.15) is 0 Å². The van der Waals surface area contributed by atoms with Crippen LogP contribution in [0.3, 0.4) is 0 Å². The van der Waals surface area contributed by atoms with E-state index in [4.69, 9.17) is 4.74 Å². The first kappa shape index (κ1) is 17.7. The van der Waals surface area contributed by atoms with E-state index < -0.39 is 11.8 Å². The van der Waals surface area contributed by atoms with Crippen LogP contribution in [0.4, 0.5) is 0 Å². The second-order valence-electron chi connectivity index (χ2n) is 10.6. The SMILES string of the molecule is CC(CC(O)N1C2CC3CC1CC(O)(C3)C2)C1COc2cccc(C3CC3)c21. The Labute approximate surface area is 167 Å². The minimum Gasteiger partial charge on any atom is -0.493 e. The Morgan fingerprint density at radius 2 is 1.93 bits per heavy atom. The number of fused-ring (bicyclic) bond motifs is 1. The topological polar surface area (TPSA) is 52.9 Å². The van der Waals surface area contributed by atoms with Gasteiger partial charge in [0.25, 0.3) is 0 Å². The predicted octanol–water partition coefficient (Wildman–Crippen LogP) is 3.76. The molecule has 5 atom stereocenters. The fourth-order valence-corrected chi connectivity index (χ4v) is 7.27. The third kappa shape index (κ3) is 2.75. The standard InChI is InChI=1S/C24H33NO3/c1-14(20-13-28-21-4-2-3-19(23(20)21)16-5-6-16)7-22(26)25-17-8-15-9-18(25)12-24(27,10-15)11-17/h2-4,14-18,20,22,26-27H,5-13H2,1H3. The van der Waals surface area contributed by atoms with Gasteiger partial charge in [0, 0.05) is 23.6 Å². The molecule has 3 saturated carbocycles. The maximum atomic E-state index is 11.2. The van der Waals surface area contributed by atoms with Crippen molar-refractivity contribution in [2.45, 2.75) is 94.0 Å². The van der Waals surface area contributed by atoms with Crippen molar-refractivity contribution in [3.8, 4) is 5.75 Å². The van der Waals surface area contributed by atoms with Crippen LogP contribution in [-0.4, -0.2) is 45.6 Å². The van der Waals surface area contributed by atoms with Crippen LogP contribution in [0.25, 0.3) is 0 Å². The van der Waals surface area contributed by atoms with E-state index in [0.29, 0.717) is 29.8 Å². The molecule has 2 saturated heterocycles. The van der Waals surface area contributed by atoms with Gasteiger partial charge in [-0.1, -0.05) is 19.1 Å². The van der Waals surface area contributed by atoms with E-state index in [2.05, 4.69) is 30.0 Å². The molecule has 3 aliphatic carbocycles. The fraction of sp³-hybridized carbons (Fsp3) is 0.750. The lowest BCUT2D eigenvalue weighted by molar-refractivity contribution is -0.200. The first-order valence-electron chi connectivity index (χ1n) is 11.4. The molecule has 28 heavy (non-hydrogen) atoms. The smallest absolute Gasteiger partial charge is 0.123 e. The Morgan fingerprint density at radius 3 is 2.61 bits per heavy atom. The summed E-state index contributed by atoms with van der Waals surface area (Å²) in [5.74, 6) is 3.25. The summed E-state index contributed by atoms with van der Waals surface area (Å²) in [6.07, 6.45) is 8.02. The minimum atomic E-state index is -0.449. The molecule has 0 aromatic heterocycles. The molecule has 3 aliphatic heterocycles. The maximum absolute atomic E-state index is 11.2. The zero-order chi connectivity index (χ0) is 19.0. The largest absolute Gasteiger partial charge is 0.493 e. The molecule has 152 valence electrons. The third-order valence-electron chi connectivity index (χ3n) is 8.47. The summed E-state index contributed by atoms with van der Waals surface area (Å²) >= 11 is 0. The summed E-state index contributed by atoms with van der Waals surface area (Å²) in [7, 11) is 0. The quantitative estimate of drug-likeness (QED) is 0.813. The average molecular weight is 384 g/mol. The molecule has 0 spiro atoms. The van der Waals surface area contributed by atoms with E-state index >= 15 is 0 Å². The van der Waals surface area contributed by atoms with E-state index in [-0.39, 0.29) is 0 Å². The highest BCUT2D eigenvalue weighted by atomic mass is 16.5. The zero-order valence-corrected chi connectivity index (χ0v) is 16.9. The highest BCUT2D eigenvalue weighted by molar-refractivity contribution is 5.48. The number of ether oxygens (including phenoxy) is 1. The van der Waals surface area contributed by atoms with Gasteiger partial charge in [-0.3, -0.25) is 4.90 Å². The molecule has 1 aromatic rings. The molecule has 0 amide bonds. The van der Waals surface area contributed by atoms with Gasteiger partial charge in [0.15, 0.2) is 0 Å². The first-order valence-corrected chi connectivity index (χ1v) is 11.4. The van der Waals surface area contributed by atoms with Crippen LogP contribution in [0, 0.1) is 11.8 Å². The molecule has 3 heterocycles. The molecule has 1 aromatic carbocycles. The van der Waals surface area contributed by atoms with Crippen molar-refractivity contribution in [1.29, 1.82) is 0 Å².